The highest BCUT2D eigenvalue weighted by atomic mass is 35.5. The van der Waals surface area contributed by atoms with Crippen molar-refractivity contribution in [2.75, 3.05) is 19.0 Å². The third-order valence-corrected chi connectivity index (χ3v) is 8.22. The second kappa shape index (κ2) is 13.2. The molecule has 0 aliphatic heterocycles. The van der Waals surface area contributed by atoms with Crippen molar-refractivity contribution < 1.29 is 33.4 Å². The van der Waals surface area contributed by atoms with Gasteiger partial charge in [-0.1, -0.05) is 48.9 Å². The summed E-state index contributed by atoms with van der Waals surface area (Å²) in [5.41, 5.74) is 0.867. The van der Waals surface area contributed by atoms with E-state index >= 15 is 0 Å². The Hall–Kier alpha value is -4.48. The Kier molecular flexibility index (Phi) is 9.67. The normalized spacial score (nSPS) is 11.6. The minimum Gasteiger partial charge on any atom is -0.465 e. The van der Waals surface area contributed by atoms with Crippen LogP contribution in [0, 0.1) is 6.92 Å². The molecule has 1 unspecified atom stereocenters. The summed E-state index contributed by atoms with van der Waals surface area (Å²) in [6, 6.07) is 13.7. The number of pyridine rings is 1. The van der Waals surface area contributed by atoms with Crippen molar-refractivity contribution in [2.24, 2.45) is 7.05 Å². The fourth-order valence-electron chi connectivity index (χ4n) is 4.65. The van der Waals surface area contributed by atoms with Gasteiger partial charge in [-0.3, -0.25) is 9.59 Å². The van der Waals surface area contributed by atoms with Gasteiger partial charge >= 0.3 is 17.9 Å². The number of benzene rings is 2. The molecule has 2 aromatic heterocycles. The molecule has 0 spiro atoms. The summed E-state index contributed by atoms with van der Waals surface area (Å²) in [5, 5.41) is 4.08. The topological polar surface area (TPSA) is 130 Å². The minimum absolute atomic E-state index is 0.00738. The van der Waals surface area contributed by atoms with E-state index < -0.39 is 35.5 Å². The summed E-state index contributed by atoms with van der Waals surface area (Å²) in [4.78, 5) is 65.6. The first-order valence-corrected chi connectivity index (χ1v) is 14.5. The molecule has 0 saturated heterocycles. The van der Waals surface area contributed by atoms with Crippen LogP contribution in [0.25, 0.3) is 21.9 Å². The summed E-state index contributed by atoms with van der Waals surface area (Å²) in [5.74, 6) is -3.05. The second-order valence-corrected chi connectivity index (χ2v) is 10.9. The van der Waals surface area contributed by atoms with E-state index in [1.807, 2.05) is 0 Å². The summed E-state index contributed by atoms with van der Waals surface area (Å²) in [6.45, 7) is 4.95. The van der Waals surface area contributed by atoms with Crippen LogP contribution in [-0.2, 0) is 26.1 Å². The lowest BCUT2D eigenvalue weighted by Crippen LogP contribution is -2.34. The fraction of sp³-hybridized carbons (Fsp3) is 0.258. The molecule has 0 aliphatic carbocycles. The Labute approximate surface area is 256 Å². The monoisotopic (exact) mass is 624 g/mol. The number of nitrogens with one attached hydrogen (secondary N) is 1. The van der Waals surface area contributed by atoms with Gasteiger partial charge in [0.15, 0.2) is 6.10 Å². The number of esters is 3. The van der Waals surface area contributed by atoms with Gasteiger partial charge in [-0.15, -0.1) is 11.3 Å². The molecular weight excluding hydrogens is 596 g/mol. The van der Waals surface area contributed by atoms with E-state index in [9.17, 15) is 24.0 Å². The van der Waals surface area contributed by atoms with E-state index in [1.54, 1.807) is 69.3 Å². The Balaban J connectivity index is 1.73. The second-order valence-electron chi connectivity index (χ2n) is 9.40. The number of ether oxygens (including phenoxy) is 3. The van der Waals surface area contributed by atoms with Gasteiger partial charge in [0.2, 0.25) is 0 Å². The molecule has 2 aromatic carbocycles. The van der Waals surface area contributed by atoms with Gasteiger partial charge < -0.3 is 24.1 Å². The molecule has 43 heavy (non-hydrogen) atoms. The maximum absolute atomic E-state index is 13.8. The molecule has 0 fully saturated rings. The molecule has 0 saturated carbocycles. The van der Waals surface area contributed by atoms with Crippen LogP contribution < -0.4 is 10.9 Å². The Morgan fingerprint density at radius 1 is 0.977 bits per heavy atom. The molecule has 224 valence electrons. The summed E-state index contributed by atoms with van der Waals surface area (Å²) < 4.78 is 16.8. The number of halogens is 1. The van der Waals surface area contributed by atoms with Crippen LogP contribution in [0.4, 0.5) is 5.00 Å². The van der Waals surface area contributed by atoms with Crippen LogP contribution in [0.5, 0.6) is 0 Å². The van der Waals surface area contributed by atoms with Crippen molar-refractivity contribution in [3.8, 4) is 11.1 Å². The molecule has 2 heterocycles. The predicted octanol–water partition coefficient (Wildman–Crippen LogP) is 5.77. The standard InChI is InChI=1S/C31H29ClN2O8S/c1-6-21(26(35)33-27-22(29(37)40-5)16(3)25(43-27)31(39)41-7-2)42-30(38)24-23(17-12-14-18(32)15-13-17)19-10-8-9-11-20(19)28(36)34(24)4/h8-15,21H,6-7H2,1-5H3,(H,33,35). The number of hydrogen-bond acceptors (Lipinski definition) is 9. The van der Waals surface area contributed by atoms with Gasteiger partial charge in [0.25, 0.3) is 11.5 Å². The van der Waals surface area contributed by atoms with E-state index in [1.165, 1.54) is 18.7 Å². The minimum atomic E-state index is -1.31. The smallest absolute Gasteiger partial charge is 0.356 e. The molecule has 0 radical (unpaired) electrons. The van der Waals surface area contributed by atoms with Gasteiger partial charge in [-0.05, 0) is 55.0 Å². The number of carbonyl (C=O) groups excluding carboxylic acids is 4. The summed E-state index contributed by atoms with van der Waals surface area (Å²) in [7, 11) is 2.64. The third kappa shape index (κ3) is 6.18. The van der Waals surface area contributed by atoms with Crippen molar-refractivity contribution in [3.05, 3.63) is 85.6 Å². The first-order valence-electron chi connectivity index (χ1n) is 13.3. The molecule has 1 N–H and O–H groups in total. The summed E-state index contributed by atoms with van der Waals surface area (Å²) in [6.07, 6.45) is -1.25. The number of hydrogen-bond donors (Lipinski definition) is 1. The molecule has 0 bridgehead atoms. The SMILES string of the molecule is CCOC(=O)c1sc(NC(=O)C(CC)OC(=O)c2c(-c3ccc(Cl)cc3)c3ccccc3c(=O)n2C)c(C(=O)OC)c1C. The highest BCUT2D eigenvalue weighted by Crippen LogP contribution is 2.35. The van der Waals surface area contributed by atoms with E-state index in [4.69, 9.17) is 25.8 Å². The summed E-state index contributed by atoms with van der Waals surface area (Å²) >= 11 is 6.96. The molecule has 10 nitrogen and oxygen atoms in total. The quantitative estimate of drug-likeness (QED) is 0.184. The number of aromatic nitrogens is 1. The van der Waals surface area contributed by atoms with Crippen LogP contribution in [0.2, 0.25) is 5.02 Å². The molecular formula is C31H29ClN2O8S. The molecule has 1 atom stereocenters. The number of carbonyl (C=O) groups is 4. The third-order valence-electron chi connectivity index (χ3n) is 6.78. The van der Waals surface area contributed by atoms with Gasteiger partial charge in [0.1, 0.15) is 15.6 Å². The number of fused-ring (bicyclic) bond motifs is 1. The zero-order valence-electron chi connectivity index (χ0n) is 24.1. The fourth-order valence-corrected chi connectivity index (χ4v) is 5.87. The van der Waals surface area contributed by atoms with Crippen LogP contribution in [0.15, 0.2) is 53.3 Å². The Bertz CT molecular complexity index is 1790. The van der Waals surface area contributed by atoms with E-state index in [2.05, 4.69) is 5.32 Å². The first-order chi connectivity index (χ1) is 20.5. The molecule has 12 heteroatoms. The zero-order valence-corrected chi connectivity index (χ0v) is 25.7. The Morgan fingerprint density at radius 3 is 2.23 bits per heavy atom. The lowest BCUT2D eigenvalue weighted by Gasteiger charge is -2.20. The number of anilines is 1. The van der Waals surface area contributed by atoms with Crippen molar-refractivity contribution in [1.82, 2.24) is 4.57 Å². The number of thiophene rings is 1. The van der Waals surface area contributed by atoms with Crippen molar-refractivity contribution >= 4 is 62.5 Å². The predicted molar refractivity (Wildman–Crippen MR) is 164 cm³/mol. The zero-order chi connectivity index (χ0) is 31.4. The lowest BCUT2D eigenvalue weighted by molar-refractivity contribution is -0.124. The van der Waals surface area contributed by atoms with E-state index in [-0.39, 0.29) is 39.7 Å². The average molecular weight is 625 g/mol. The average Bonchev–Trinajstić information content (AvgIpc) is 3.32. The van der Waals surface area contributed by atoms with Crippen LogP contribution in [-0.4, -0.2) is 48.2 Å². The number of nitrogens with zero attached hydrogens (tertiary/aromatic N) is 1. The molecule has 1 amide bonds. The number of rotatable bonds is 9. The highest BCUT2D eigenvalue weighted by molar-refractivity contribution is 7.18. The van der Waals surface area contributed by atoms with Crippen molar-refractivity contribution in [3.63, 3.8) is 0 Å². The van der Waals surface area contributed by atoms with Gasteiger partial charge in [-0.25, -0.2) is 14.4 Å². The van der Waals surface area contributed by atoms with Gasteiger partial charge in [0.05, 0.1) is 19.3 Å². The van der Waals surface area contributed by atoms with Crippen molar-refractivity contribution in [1.29, 1.82) is 0 Å². The van der Waals surface area contributed by atoms with Crippen LogP contribution in [0.1, 0.15) is 56.3 Å². The van der Waals surface area contributed by atoms with Gasteiger partial charge in [0, 0.05) is 23.0 Å². The Morgan fingerprint density at radius 2 is 1.63 bits per heavy atom. The van der Waals surface area contributed by atoms with Crippen molar-refractivity contribution in [2.45, 2.75) is 33.3 Å². The maximum atomic E-state index is 13.8. The lowest BCUT2D eigenvalue weighted by atomic mass is 9.96. The van der Waals surface area contributed by atoms with Crippen LogP contribution >= 0.6 is 22.9 Å². The maximum Gasteiger partial charge on any atom is 0.356 e. The largest absolute Gasteiger partial charge is 0.465 e. The highest BCUT2D eigenvalue weighted by Gasteiger charge is 2.31. The molecule has 4 rings (SSSR count). The van der Waals surface area contributed by atoms with Crippen LogP contribution in [0.3, 0.4) is 0 Å². The van der Waals surface area contributed by atoms with Gasteiger partial charge in [-0.2, -0.15) is 0 Å². The van der Waals surface area contributed by atoms with E-state index in [0.717, 1.165) is 11.3 Å². The van der Waals surface area contributed by atoms with E-state index in [0.29, 0.717) is 26.9 Å². The molecule has 0 aliphatic rings. The number of methoxy groups -OCH3 is 1. The number of amides is 1. The molecule has 4 aromatic rings. The first kappa shape index (κ1) is 31.5.